The fourth-order valence-corrected chi connectivity index (χ4v) is 3.40. The van der Waals surface area contributed by atoms with Crippen LogP contribution in [0.1, 0.15) is 5.56 Å². The number of hydrogen-bond acceptors (Lipinski definition) is 4. The molecule has 0 radical (unpaired) electrons. The smallest absolute Gasteiger partial charge is 0.350 e. The quantitative estimate of drug-likeness (QED) is 0.468. The van der Waals surface area contributed by atoms with Crippen molar-refractivity contribution in [2.75, 3.05) is 10.6 Å². The lowest BCUT2D eigenvalue weighted by molar-refractivity contribution is -0.116. The third-order valence-corrected chi connectivity index (χ3v) is 4.99. The van der Waals surface area contributed by atoms with Gasteiger partial charge in [-0.1, -0.05) is 54.1 Å². The highest BCUT2D eigenvalue weighted by molar-refractivity contribution is 6.31. The van der Waals surface area contributed by atoms with Crippen molar-refractivity contribution in [1.82, 2.24) is 9.55 Å². The lowest BCUT2D eigenvalue weighted by atomic mass is 10.2. The molecule has 1 amide bonds. The van der Waals surface area contributed by atoms with Gasteiger partial charge in [-0.3, -0.25) is 9.36 Å². The minimum Gasteiger partial charge on any atom is -0.365 e. The Bertz CT molecular complexity index is 1310. The Morgan fingerprint density at radius 1 is 1.03 bits per heavy atom. The van der Waals surface area contributed by atoms with E-state index in [1.54, 1.807) is 12.1 Å². The summed E-state index contributed by atoms with van der Waals surface area (Å²) < 4.78 is 14.6. The van der Waals surface area contributed by atoms with Crippen LogP contribution in [0.3, 0.4) is 0 Å². The van der Waals surface area contributed by atoms with Gasteiger partial charge in [0.2, 0.25) is 5.91 Å². The minimum atomic E-state index is -0.579. The van der Waals surface area contributed by atoms with E-state index in [-0.39, 0.29) is 11.6 Å². The molecule has 2 N–H and O–H groups in total. The molecule has 31 heavy (non-hydrogen) atoms. The number of anilines is 2. The van der Waals surface area contributed by atoms with E-state index in [1.807, 2.05) is 42.5 Å². The third-order valence-electron chi connectivity index (χ3n) is 4.70. The van der Waals surface area contributed by atoms with Gasteiger partial charge in [0.15, 0.2) is 0 Å². The Labute approximate surface area is 182 Å². The molecule has 1 heterocycles. The van der Waals surface area contributed by atoms with E-state index in [0.29, 0.717) is 23.6 Å². The molecule has 8 heteroatoms. The SMILES string of the molecule is O=C(Cn1c(=O)nc(NCc2ccccc2)c2ccccc21)Nc1ccc(F)c(Cl)c1. The van der Waals surface area contributed by atoms with E-state index in [9.17, 15) is 14.0 Å². The number of nitrogens with zero attached hydrogens (tertiary/aromatic N) is 2. The van der Waals surface area contributed by atoms with Crippen LogP contribution in [-0.4, -0.2) is 15.5 Å². The normalized spacial score (nSPS) is 10.8. The Morgan fingerprint density at radius 2 is 1.77 bits per heavy atom. The highest BCUT2D eigenvalue weighted by Gasteiger charge is 2.13. The van der Waals surface area contributed by atoms with Crippen molar-refractivity contribution in [3.05, 3.63) is 99.7 Å². The van der Waals surface area contributed by atoms with Crippen molar-refractivity contribution < 1.29 is 9.18 Å². The highest BCUT2D eigenvalue weighted by Crippen LogP contribution is 2.21. The first kappa shape index (κ1) is 20.6. The summed E-state index contributed by atoms with van der Waals surface area (Å²) in [6.07, 6.45) is 0. The van der Waals surface area contributed by atoms with Gasteiger partial charge in [0.05, 0.1) is 10.5 Å². The fraction of sp³-hybridized carbons (Fsp3) is 0.0870. The van der Waals surface area contributed by atoms with Gasteiger partial charge in [0, 0.05) is 17.6 Å². The van der Waals surface area contributed by atoms with Crippen molar-refractivity contribution in [2.24, 2.45) is 0 Å². The number of fused-ring (bicyclic) bond motifs is 1. The van der Waals surface area contributed by atoms with E-state index in [4.69, 9.17) is 11.6 Å². The van der Waals surface area contributed by atoms with Gasteiger partial charge in [-0.2, -0.15) is 4.98 Å². The molecule has 0 aliphatic heterocycles. The van der Waals surface area contributed by atoms with Gasteiger partial charge in [-0.15, -0.1) is 0 Å². The maximum absolute atomic E-state index is 13.3. The number of carbonyl (C=O) groups excluding carboxylic acids is 1. The summed E-state index contributed by atoms with van der Waals surface area (Å²) in [4.78, 5) is 29.4. The van der Waals surface area contributed by atoms with Gasteiger partial charge >= 0.3 is 5.69 Å². The molecule has 0 aliphatic rings. The van der Waals surface area contributed by atoms with Gasteiger partial charge in [0.25, 0.3) is 0 Å². The number of amides is 1. The molecule has 0 aliphatic carbocycles. The summed E-state index contributed by atoms with van der Waals surface area (Å²) in [7, 11) is 0. The van der Waals surface area contributed by atoms with Crippen LogP contribution in [0.15, 0.2) is 77.6 Å². The Hall–Kier alpha value is -3.71. The van der Waals surface area contributed by atoms with Crippen LogP contribution in [0.25, 0.3) is 10.9 Å². The number of para-hydroxylation sites is 1. The van der Waals surface area contributed by atoms with Crippen molar-refractivity contribution in [1.29, 1.82) is 0 Å². The average Bonchev–Trinajstić information content (AvgIpc) is 2.78. The minimum absolute atomic E-state index is 0.101. The average molecular weight is 437 g/mol. The molecule has 0 saturated carbocycles. The van der Waals surface area contributed by atoms with Crippen LogP contribution >= 0.6 is 11.6 Å². The number of benzene rings is 3. The standard InChI is InChI=1S/C23H18ClFN4O2/c24-18-12-16(10-11-19(18)25)27-21(30)14-29-20-9-5-4-8-17(20)22(28-23(29)31)26-13-15-6-2-1-3-7-15/h1-12H,13-14H2,(H,27,30)(H,26,28,31). The van der Waals surface area contributed by atoms with Crippen molar-refractivity contribution >= 4 is 39.9 Å². The summed E-state index contributed by atoms with van der Waals surface area (Å²) in [6.45, 7) is 0.257. The first-order valence-corrected chi connectivity index (χ1v) is 9.91. The number of halogens is 2. The number of nitrogens with one attached hydrogen (secondary N) is 2. The van der Waals surface area contributed by atoms with E-state index >= 15 is 0 Å². The Morgan fingerprint density at radius 3 is 2.55 bits per heavy atom. The maximum atomic E-state index is 13.3. The van der Waals surface area contributed by atoms with Gasteiger partial charge in [-0.05, 0) is 35.9 Å². The van der Waals surface area contributed by atoms with Crippen molar-refractivity contribution in [3.63, 3.8) is 0 Å². The molecule has 0 atom stereocenters. The summed E-state index contributed by atoms with van der Waals surface area (Å²) in [6, 6.07) is 20.9. The summed E-state index contributed by atoms with van der Waals surface area (Å²) >= 11 is 5.75. The van der Waals surface area contributed by atoms with Crippen LogP contribution < -0.4 is 16.3 Å². The molecule has 0 saturated heterocycles. The van der Waals surface area contributed by atoms with Crippen LogP contribution in [0.2, 0.25) is 5.02 Å². The van der Waals surface area contributed by atoms with Crippen molar-refractivity contribution in [2.45, 2.75) is 13.1 Å². The largest absolute Gasteiger partial charge is 0.365 e. The fourth-order valence-electron chi connectivity index (χ4n) is 3.22. The lowest BCUT2D eigenvalue weighted by Crippen LogP contribution is -2.30. The molecule has 0 fully saturated rings. The van der Waals surface area contributed by atoms with Gasteiger partial charge in [-0.25, -0.2) is 9.18 Å². The van der Waals surface area contributed by atoms with Crippen LogP contribution in [0, 0.1) is 5.82 Å². The van der Waals surface area contributed by atoms with E-state index in [2.05, 4.69) is 15.6 Å². The lowest BCUT2D eigenvalue weighted by Gasteiger charge is -2.14. The molecular weight excluding hydrogens is 419 g/mol. The number of carbonyl (C=O) groups is 1. The molecule has 6 nitrogen and oxygen atoms in total. The summed E-state index contributed by atoms with van der Waals surface area (Å²) in [5.74, 6) is -0.585. The highest BCUT2D eigenvalue weighted by atomic mass is 35.5. The molecule has 4 aromatic rings. The maximum Gasteiger partial charge on any atom is 0.350 e. The number of rotatable bonds is 6. The predicted octanol–water partition coefficient (Wildman–Crippen LogP) is 4.44. The Kier molecular flexibility index (Phi) is 5.95. The second-order valence-corrected chi connectivity index (χ2v) is 7.27. The third kappa shape index (κ3) is 4.73. The molecular formula is C23H18ClFN4O2. The first-order valence-electron chi connectivity index (χ1n) is 9.53. The zero-order valence-electron chi connectivity index (χ0n) is 16.3. The van der Waals surface area contributed by atoms with Gasteiger partial charge in [0.1, 0.15) is 18.2 Å². The molecule has 4 rings (SSSR count). The zero-order chi connectivity index (χ0) is 21.8. The predicted molar refractivity (Wildman–Crippen MR) is 120 cm³/mol. The van der Waals surface area contributed by atoms with E-state index in [0.717, 1.165) is 17.0 Å². The number of hydrogen-bond donors (Lipinski definition) is 2. The Balaban J connectivity index is 1.59. The van der Waals surface area contributed by atoms with Crippen LogP contribution in [0.5, 0.6) is 0 Å². The molecule has 0 bridgehead atoms. The summed E-state index contributed by atoms with van der Waals surface area (Å²) in [5.41, 5.74) is 1.41. The second-order valence-electron chi connectivity index (χ2n) is 6.86. The molecule has 0 unspecified atom stereocenters. The molecule has 156 valence electrons. The van der Waals surface area contributed by atoms with E-state index in [1.165, 1.54) is 16.7 Å². The monoisotopic (exact) mass is 436 g/mol. The molecule has 0 spiro atoms. The van der Waals surface area contributed by atoms with Crippen LogP contribution in [0.4, 0.5) is 15.9 Å². The van der Waals surface area contributed by atoms with Crippen LogP contribution in [-0.2, 0) is 17.9 Å². The first-order chi connectivity index (χ1) is 15.0. The summed E-state index contributed by atoms with van der Waals surface area (Å²) in [5, 5.41) is 6.44. The second kappa shape index (κ2) is 8.97. The molecule has 3 aromatic carbocycles. The zero-order valence-corrected chi connectivity index (χ0v) is 17.1. The van der Waals surface area contributed by atoms with Gasteiger partial charge < -0.3 is 10.6 Å². The van der Waals surface area contributed by atoms with E-state index < -0.39 is 17.4 Å². The number of aromatic nitrogens is 2. The molecule has 1 aromatic heterocycles. The topological polar surface area (TPSA) is 76.0 Å². The van der Waals surface area contributed by atoms with Crippen molar-refractivity contribution in [3.8, 4) is 0 Å².